The van der Waals surface area contributed by atoms with E-state index in [-0.39, 0.29) is 0 Å². The van der Waals surface area contributed by atoms with Gasteiger partial charge < -0.3 is 5.11 Å². The standard InChI is InChI=1S/C12H20O/c1-3-9-12(13,10-4-2)11-7-5-6-8-11/h3-4,11,13H,1-2,5-10H2. The van der Waals surface area contributed by atoms with Crippen LogP contribution in [0.5, 0.6) is 0 Å². The molecule has 1 nitrogen and oxygen atoms in total. The van der Waals surface area contributed by atoms with Crippen LogP contribution >= 0.6 is 0 Å². The zero-order valence-corrected chi connectivity index (χ0v) is 8.34. The SMILES string of the molecule is C=CCC(O)(CC=C)C1CCCC1. The molecule has 1 aliphatic carbocycles. The minimum Gasteiger partial charge on any atom is -0.389 e. The normalized spacial score (nSPS) is 18.8. The molecule has 0 bridgehead atoms. The molecule has 0 unspecified atom stereocenters. The van der Waals surface area contributed by atoms with Gasteiger partial charge in [-0.25, -0.2) is 0 Å². The lowest BCUT2D eigenvalue weighted by Gasteiger charge is -2.32. The summed E-state index contributed by atoms with van der Waals surface area (Å²) in [7, 11) is 0. The predicted molar refractivity (Wildman–Crippen MR) is 56.5 cm³/mol. The van der Waals surface area contributed by atoms with Crippen molar-refractivity contribution in [1.29, 1.82) is 0 Å². The van der Waals surface area contributed by atoms with Gasteiger partial charge in [0, 0.05) is 0 Å². The molecule has 0 spiro atoms. The van der Waals surface area contributed by atoms with Gasteiger partial charge in [0.2, 0.25) is 0 Å². The molecule has 1 heteroatoms. The van der Waals surface area contributed by atoms with Gasteiger partial charge in [-0.3, -0.25) is 0 Å². The molecule has 0 aromatic carbocycles. The van der Waals surface area contributed by atoms with E-state index in [2.05, 4.69) is 13.2 Å². The van der Waals surface area contributed by atoms with Crippen molar-refractivity contribution in [3.05, 3.63) is 25.3 Å². The van der Waals surface area contributed by atoms with Gasteiger partial charge in [0.05, 0.1) is 5.60 Å². The zero-order valence-electron chi connectivity index (χ0n) is 8.34. The predicted octanol–water partition coefficient (Wildman–Crippen LogP) is 3.06. The average molecular weight is 180 g/mol. The van der Waals surface area contributed by atoms with Gasteiger partial charge in [-0.05, 0) is 31.6 Å². The number of hydrogen-bond acceptors (Lipinski definition) is 1. The first-order valence-corrected chi connectivity index (χ1v) is 5.17. The molecule has 0 heterocycles. The van der Waals surface area contributed by atoms with Crippen molar-refractivity contribution >= 4 is 0 Å². The molecular weight excluding hydrogens is 160 g/mol. The lowest BCUT2D eigenvalue weighted by molar-refractivity contribution is -0.0109. The Labute approximate surface area is 81.2 Å². The average Bonchev–Trinajstić information content (AvgIpc) is 2.57. The first kappa shape index (κ1) is 10.5. The van der Waals surface area contributed by atoms with Crippen molar-refractivity contribution in [1.82, 2.24) is 0 Å². The number of hydrogen-bond donors (Lipinski definition) is 1. The molecule has 1 N–H and O–H groups in total. The molecule has 0 amide bonds. The summed E-state index contributed by atoms with van der Waals surface area (Å²) in [5.74, 6) is 0.462. The number of rotatable bonds is 5. The Morgan fingerprint density at radius 1 is 1.15 bits per heavy atom. The monoisotopic (exact) mass is 180 g/mol. The third-order valence-corrected chi connectivity index (χ3v) is 3.11. The number of aliphatic hydroxyl groups is 1. The fraction of sp³-hybridized carbons (Fsp3) is 0.667. The molecule has 1 saturated carbocycles. The zero-order chi connectivity index (χ0) is 9.73. The van der Waals surface area contributed by atoms with Gasteiger partial charge in [0.15, 0.2) is 0 Å². The minimum absolute atomic E-state index is 0.462. The highest BCUT2D eigenvalue weighted by Crippen LogP contribution is 2.38. The minimum atomic E-state index is -0.556. The van der Waals surface area contributed by atoms with Crippen LogP contribution in [0.25, 0.3) is 0 Å². The molecule has 0 saturated heterocycles. The largest absolute Gasteiger partial charge is 0.389 e. The Hall–Kier alpha value is -0.560. The summed E-state index contributed by atoms with van der Waals surface area (Å²) in [5.41, 5.74) is -0.556. The second kappa shape index (κ2) is 4.61. The van der Waals surface area contributed by atoms with Crippen LogP contribution in [0.2, 0.25) is 0 Å². The van der Waals surface area contributed by atoms with Gasteiger partial charge >= 0.3 is 0 Å². The summed E-state index contributed by atoms with van der Waals surface area (Å²) in [5, 5.41) is 10.4. The summed E-state index contributed by atoms with van der Waals surface area (Å²) in [4.78, 5) is 0. The second-order valence-corrected chi connectivity index (χ2v) is 4.07. The Kier molecular flexibility index (Phi) is 3.73. The van der Waals surface area contributed by atoms with Gasteiger partial charge in [-0.1, -0.05) is 25.0 Å². The summed E-state index contributed by atoms with van der Waals surface area (Å²) < 4.78 is 0. The molecule has 0 aromatic rings. The second-order valence-electron chi connectivity index (χ2n) is 4.07. The third-order valence-electron chi connectivity index (χ3n) is 3.11. The topological polar surface area (TPSA) is 20.2 Å². The van der Waals surface area contributed by atoms with E-state index in [0.717, 1.165) is 12.8 Å². The Morgan fingerprint density at radius 2 is 1.62 bits per heavy atom. The maximum absolute atomic E-state index is 10.4. The Morgan fingerprint density at radius 3 is 2.00 bits per heavy atom. The summed E-state index contributed by atoms with van der Waals surface area (Å²) in [6, 6.07) is 0. The molecular formula is C12H20O. The smallest absolute Gasteiger partial charge is 0.0744 e. The molecule has 1 aliphatic rings. The fourth-order valence-corrected chi connectivity index (χ4v) is 2.38. The van der Waals surface area contributed by atoms with E-state index in [1.54, 1.807) is 0 Å². The van der Waals surface area contributed by atoms with E-state index in [9.17, 15) is 5.11 Å². The van der Waals surface area contributed by atoms with E-state index in [4.69, 9.17) is 0 Å². The third kappa shape index (κ3) is 2.44. The van der Waals surface area contributed by atoms with E-state index in [1.807, 2.05) is 12.2 Å². The molecule has 0 aliphatic heterocycles. The molecule has 13 heavy (non-hydrogen) atoms. The highest BCUT2D eigenvalue weighted by Gasteiger charge is 2.35. The van der Waals surface area contributed by atoms with Crippen LogP contribution in [0.3, 0.4) is 0 Å². The van der Waals surface area contributed by atoms with Crippen molar-refractivity contribution < 1.29 is 5.11 Å². The van der Waals surface area contributed by atoms with Gasteiger partial charge in [0.25, 0.3) is 0 Å². The van der Waals surface area contributed by atoms with Crippen LogP contribution in [-0.2, 0) is 0 Å². The van der Waals surface area contributed by atoms with Crippen LogP contribution in [0.1, 0.15) is 38.5 Å². The molecule has 74 valence electrons. The van der Waals surface area contributed by atoms with Crippen LogP contribution in [0.4, 0.5) is 0 Å². The lowest BCUT2D eigenvalue weighted by Crippen LogP contribution is -2.35. The summed E-state index contributed by atoms with van der Waals surface area (Å²) in [6.45, 7) is 7.41. The fourth-order valence-electron chi connectivity index (χ4n) is 2.38. The van der Waals surface area contributed by atoms with Gasteiger partial charge in [-0.15, -0.1) is 13.2 Å². The summed E-state index contributed by atoms with van der Waals surface area (Å²) in [6.07, 6.45) is 9.90. The molecule has 0 radical (unpaired) electrons. The van der Waals surface area contributed by atoms with Crippen molar-refractivity contribution in [2.24, 2.45) is 5.92 Å². The van der Waals surface area contributed by atoms with Crippen LogP contribution < -0.4 is 0 Å². The van der Waals surface area contributed by atoms with Crippen LogP contribution in [0.15, 0.2) is 25.3 Å². The quantitative estimate of drug-likeness (QED) is 0.645. The van der Waals surface area contributed by atoms with Crippen LogP contribution in [-0.4, -0.2) is 10.7 Å². The first-order valence-electron chi connectivity index (χ1n) is 5.17. The summed E-state index contributed by atoms with van der Waals surface area (Å²) >= 11 is 0. The van der Waals surface area contributed by atoms with Gasteiger partial charge in [-0.2, -0.15) is 0 Å². The lowest BCUT2D eigenvalue weighted by atomic mass is 9.81. The molecule has 0 aromatic heterocycles. The first-order chi connectivity index (χ1) is 6.23. The Balaban J connectivity index is 2.62. The van der Waals surface area contributed by atoms with E-state index >= 15 is 0 Å². The van der Waals surface area contributed by atoms with Crippen molar-refractivity contribution in [2.45, 2.75) is 44.1 Å². The van der Waals surface area contributed by atoms with E-state index < -0.39 is 5.60 Å². The van der Waals surface area contributed by atoms with E-state index in [0.29, 0.717) is 18.8 Å². The maximum Gasteiger partial charge on any atom is 0.0744 e. The molecule has 1 rings (SSSR count). The van der Waals surface area contributed by atoms with Crippen molar-refractivity contribution in [3.63, 3.8) is 0 Å². The van der Waals surface area contributed by atoms with Crippen molar-refractivity contribution in [3.8, 4) is 0 Å². The van der Waals surface area contributed by atoms with Crippen LogP contribution in [0, 0.1) is 5.92 Å². The highest BCUT2D eigenvalue weighted by atomic mass is 16.3. The maximum atomic E-state index is 10.4. The highest BCUT2D eigenvalue weighted by molar-refractivity contribution is 4.97. The van der Waals surface area contributed by atoms with Crippen molar-refractivity contribution in [2.75, 3.05) is 0 Å². The molecule has 1 fully saturated rings. The van der Waals surface area contributed by atoms with Gasteiger partial charge in [0.1, 0.15) is 0 Å². The Bertz CT molecular complexity index is 168. The molecule has 0 atom stereocenters. The van der Waals surface area contributed by atoms with E-state index in [1.165, 1.54) is 12.8 Å².